The van der Waals surface area contributed by atoms with Crippen molar-refractivity contribution in [3.8, 4) is 11.3 Å². The molecule has 0 fully saturated rings. The lowest BCUT2D eigenvalue weighted by Gasteiger charge is -2.13. The molecule has 0 saturated carbocycles. The average Bonchev–Trinajstić information content (AvgIpc) is 2.58. The van der Waals surface area contributed by atoms with Crippen molar-refractivity contribution in [2.75, 3.05) is 6.26 Å². The van der Waals surface area contributed by atoms with Crippen molar-refractivity contribution in [3.05, 3.63) is 52.6 Å². The van der Waals surface area contributed by atoms with Gasteiger partial charge in [-0.25, -0.2) is 18.4 Å². The molecular formula is C18H19N3O3S. The highest BCUT2D eigenvalue weighted by Gasteiger charge is 2.18. The van der Waals surface area contributed by atoms with Crippen molar-refractivity contribution in [2.24, 2.45) is 7.05 Å². The molecule has 3 rings (SSSR count). The first-order valence-electron chi connectivity index (χ1n) is 7.97. The molecule has 0 aliphatic heterocycles. The number of fused-ring (bicyclic) bond motifs is 1. The Kier molecular flexibility index (Phi) is 4.43. The van der Waals surface area contributed by atoms with E-state index in [1.807, 2.05) is 25.1 Å². The first-order chi connectivity index (χ1) is 11.8. The monoisotopic (exact) mass is 357 g/mol. The molecule has 2 aromatic heterocycles. The second kappa shape index (κ2) is 6.40. The molecule has 25 heavy (non-hydrogen) atoms. The van der Waals surface area contributed by atoms with Gasteiger partial charge in [-0.05, 0) is 23.4 Å². The van der Waals surface area contributed by atoms with Gasteiger partial charge in [0.25, 0.3) is 5.56 Å². The molecule has 0 aliphatic rings. The van der Waals surface area contributed by atoms with Crippen LogP contribution in [0.3, 0.4) is 0 Å². The molecule has 0 unspecified atom stereocenters. The summed E-state index contributed by atoms with van der Waals surface area (Å²) in [6, 6.07) is 7.27. The highest BCUT2D eigenvalue weighted by molar-refractivity contribution is 7.90. The van der Waals surface area contributed by atoms with Crippen LogP contribution in [0.4, 0.5) is 0 Å². The van der Waals surface area contributed by atoms with E-state index in [9.17, 15) is 13.2 Å². The van der Waals surface area contributed by atoms with Crippen LogP contribution in [0.5, 0.6) is 0 Å². The number of pyridine rings is 1. The van der Waals surface area contributed by atoms with Crippen LogP contribution in [-0.2, 0) is 23.3 Å². The van der Waals surface area contributed by atoms with Crippen molar-refractivity contribution >= 4 is 20.6 Å². The number of hydrogen-bond donors (Lipinski definition) is 0. The molecule has 0 radical (unpaired) electrons. The second-order valence-corrected chi connectivity index (χ2v) is 7.96. The first-order valence-corrected chi connectivity index (χ1v) is 9.86. The zero-order valence-corrected chi connectivity index (χ0v) is 15.2. The maximum Gasteiger partial charge on any atom is 0.258 e. The molecule has 0 spiro atoms. The molecule has 0 saturated heterocycles. The van der Waals surface area contributed by atoms with Crippen molar-refractivity contribution in [2.45, 2.75) is 24.9 Å². The lowest BCUT2D eigenvalue weighted by atomic mass is 10.00. The molecule has 130 valence electrons. The van der Waals surface area contributed by atoms with Crippen molar-refractivity contribution in [1.29, 1.82) is 0 Å². The molecule has 0 amide bonds. The van der Waals surface area contributed by atoms with Crippen molar-refractivity contribution < 1.29 is 8.42 Å². The van der Waals surface area contributed by atoms with Gasteiger partial charge in [0.1, 0.15) is 0 Å². The summed E-state index contributed by atoms with van der Waals surface area (Å²) in [5, 5.41) is 1.12. The molecule has 0 N–H and O–H groups in total. The maximum atomic E-state index is 12.4. The molecule has 6 nitrogen and oxygen atoms in total. The SMILES string of the molecule is CCCc1cnc(S(C)(=O)=O)nc1-c1cn(C)c(=O)c2ccccc12. The zero-order valence-electron chi connectivity index (χ0n) is 14.4. The third-order valence-electron chi connectivity index (χ3n) is 4.04. The fourth-order valence-corrected chi connectivity index (χ4v) is 3.36. The second-order valence-electron chi connectivity index (χ2n) is 6.05. The number of nitrogens with zero attached hydrogens (tertiary/aromatic N) is 3. The summed E-state index contributed by atoms with van der Waals surface area (Å²) < 4.78 is 25.3. The highest BCUT2D eigenvalue weighted by Crippen LogP contribution is 2.29. The Labute approximate surface area is 146 Å². The van der Waals surface area contributed by atoms with E-state index >= 15 is 0 Å². The molecule has 7 heteroatoms. The summed E-state index contributed by atoms with van der Waals surface area (Å²) in [5.74, 6) is 0. The van der Waals surface area contributed by atoms with Crippen LogP contribution < -0.4 is 5.56 Å². The minimum Gasteiger partial charge on any atom is -0.317 e. The van der Waals surface area contributed by atoms with Crippen LogP contribution in [0.2, 0.25) is 0 Å². The maximum absolute atomic E-state index is 12.4. The van der Waals surface area contributed by atoms with Gasteiger partial charge in [0.05, 0.1) is 5.69 Å². The number of aromatic nitrogens is 3. The van der Waals surface area contributed by atoms with E-state index in [0.29, 0.717) is 11.1 Å². The fourth-order valence-electron chi connectivity index (χ4n) is 2.86. The molecule has 3 aromatic rings. The molecule has 0 bridgehead atoms. The van der Waals surface area contributed by atoms with Gasteiger partial charge in [0.2, 0.25) is 15.0 Å². The Morgan fingerprint density at radius 2 is 1.84 bits per heavy atom. The summed E-state index contributed by atoms with van der Waals surface area (Å²) in [7, 11) is -1.85. The quantitative estimate of drug-likeness (QED) is 0.670. The Morgan fingerprint density at radius 3 is 2.48 bits per heavy atom. The van der Waals surface area contributed by atoms with Gasteiger partial charge in [-0.2, -0.15) is 0 Å². The zero-order chi connectivity index (χ0) is 18.2. The summed E-state index contributed by atoms with van der Waals surface area (Å²) in [6.07, 6.45) is 5.96. The lowest BCUT2D eigenvalue weighted by Crippen LogP contribution is -2.17. The fraction of sp³-hybridized carbons (Fsp3) is 0.278. The van der Waals surface area contributed by atoms with Crippen LogP contribution in [0.25, 0.3) is 22.0 Å². The van der Waals surface area contributed by atoms with E-state index in [1.54, 1.807) is 25.5 Å². The van der Waals surface area contributed by atoms with Crippen molar-refractivity contribution in [1.82, 2.24) is 14.5 Å². The van der Waals surface area contributed by atoms with E-state index in [0.717, 1.165) is 35.6 Å². The van der Waals surface area contributed by atoms with Crippen LogP contribution >= 0.6 is 0 Å². The first kappa shape index (κ1) is 17.3. The minimum absolute atomic E-state index is 0.103. The van der Waals surface area contributed by atoms with E-state index in [1.165, 1.54) is 4.57 Å². The molecule has 2 heterocycles. The predicted octanol–water partition coefficient (Wildman–Crippen LogP) is 2.35. The Hall–Kier alpha value is -2.54. The number of sulfone groups is 1. The smallest absolute Gasteiger partial charge is 0.258 e. The molecule has 0 aliphatic carbocycles. The molecule has 1 aromatic carbocycles. The minimum atomic E-state index is -3.53. The summed E-state index contributed by atoms with van der Waals surface area (Å²) in [4.78, 5) is 20.7. The Bertz CT molecular complexity index is 1120. The molecule has 0 atom stereocenters. The number of hydrogen-bond acceptors (Lipinski definition) is 5. The van der Waals surface area contributed by atoms with Gasteiger partial charge in [-0.3, -0.25) is 4.79 Å². The van der Waals surface area contributed by atoms with Crippen LogP contribution in [0.15, 0.2) is 46.6 Å². The Balaban J connectivity index is 2.41. The van der Waals surface area contributed by atoms with Crippen LogP contribution in [0.1, 0.15) is 18.9 Å². The Morgan fingerprint density at radius 1 is 1.16 bits per heavy atom. The van der Waals surface area contributed by atoms with Gasteiger partial charge in [0, 0.05) is 36.6 Å². The van der Waals surface area contributed by atoms with Crippen LogP contribution in [-0.4, -0.2) is 29.2 Å². The number of aryl methyl sites for hydroxylation is 2. The lowest BCUT2D eigenvalue weighted by molar-refractivity contribution is 0.592. The molecular weight excluding hydrogens is 338 g/mol. The summed E-state index contributed by atoms with van der Waals surface area (Å²) in [6.45, 7) is 2.03. The normalized spacial score (nSPS) is 11.8. The number of benzene rings is 1. The highest BCUT2D eigenvalue weighted by atomic mass is 32.2. The predicted molar refractivity (Wildman–Crippen MR) is 97.3 cm³/mol. The van der Waals surface area contributed by atoms with Crippen molar-refractivity contribution in [3.63, 3.8) is 0 Å². The van der Waals surface area contributed by atoms with E-state index < -0.39 is 9.84 Å². The summed E-state index contributed by atoms with van der Waals surface area (Å²) >= 11 is 0. The van der Waals surface area contributed by atoms with Gasteiger partial charge in [-0.1, -0.05) is 31.5 Å². The van der Waals surface area contributed by atoms with Gasteiger partial charge in [0.15, 0.2) is 0 Å². The largest absolute Gasteiger partial charge is 0.317 e. The number of rotatable bonds is 4. The third kappa shape index (κ3) is 3.19. The standard InChI is InChI=1S/C18H19N3O3S/c1-4-7-12-10-19-18(25(3,23)24)20-16(12)15-11-21(2)17(22)14-9-6-5-8-13(14)15/h5-6,8-11H,4,7H2,1-3H3. The van der Waals surface area contributed by atoms with Gasteiger partial charge >= 0.3 is 0 Å². The van der Waals surface area contributed by atoms with E-state index in [4.69, 9.17) is 0 Å². The van der Waals surface area contributed by atoms with Gasteiger partial charge < -0.3 is 4.57 Å². The average molecular weight is 357 g/mol. The topological polar surface area (TPSA) is 81.9 Å². The van der Waals surface area contributed by atoms with E-state index in [2.05, 4.69) is 9.97 Å². The third-order valence-corrected chi connectivity index (χ3v) is 4.90. The summed E-state index contributed by atoms with van der Waals surface area (Å²) in [5.41, 5.74) is 2.05. The van der Waals surface area contributed by atoms with E-state index in [-0.39, 0.29) is 10.7 Å². The van der Waals surface area contributed by atoms with Gasteiger partial charge in [-0.15, -0.1) is 0 Å². The van der Waals surface area contributed by atoms with Crippen LogP contribution in [0, 0.1) is 0 Å².